The number of halogens is 2. The van der Waals surface area contributed by atoms with Gasteiger partial charge in [0, 0.05) is 30.9 Å². The zero-order chi connectivity index (χ0) is 16.6. The van der Waals surface area contributed by atoms with Crippen LogP contribution in [0.15, 0.2) is 0 Å². The monoisotopic (exact) mass is 350 g/mol. The third-order valence-electron chi connectivity index (χ3n) is 5.39. The summed E-state index contributed by atoms with van der Waals surface area (Å²) < 4.78 is 33.7. The summed E-state index contributed by atoms with van der Waals surface area (Å²) in [5, 5.41) is 12.3. The summed E-state index contributed by atoms with van der Waals surface area (Å²) >= 11 is 1.78. The van der Waals surface area contributed by atoms with E-state index in [1.54, 1.807) is 11.8 Å². The minimum absolute atomic E-state index is 0.0160. The maximum absolute atomic E-state index is 14.2. The third kappa shape index (κ3) is 3.10. The molecule has 3 aliphatic rings. The van der Waals surface area contributed by atoms with E-state index in [9.17, 15) is 18.7 Å². The van der Waals surface area contributed by atoms with Crippen molar-refractivity contribution in [2.45, 2.75) is 42.7 Å². The fourth-order valence-electron chi connectivity index (χ4n) is 3.53. The minimum Gasteiger partial charge on any atom is -0.383 e. The predicted octanol–water partition coefficient (Wildman–Crippen LogP) is 0.861. The molecule has 1 amide bonds. The van der Waals surface area contributed by atoms with Gasteiger partial charge in [-0.15, -0.1) is 0 Å². The Kier molecular flexibility index (Phi) is 4.88. The molecule has 0 aromatic rings. The van der Waals surface area contributed by atoms with Crippen LogP contribution in [0.25, 0.3) is 0 Å². The molecule has 0 aromatic heterocycles. The average molecular weight is 350 g/mol. The number of morpholine rings is 1. The number of hydrogen-bond acceptors (Lipinski definition) is 5. The summed E-state index contributed by atoms with van der Waals surface area (Å²) in [4.78, 5) is 14.3. The maximum Gasteiger partial charge on any atom is 0.352 e. The molecule has 23 heavy (non-hydrogen) atoms. The van der Waals surface area contributed by atoms with Crippen molar-refractivity contribution in [2.24, 2.45) is 0 Å². The Morgan fingerprint density at radius 2 is 2.00 bits per heavy atom. The van der Waals surface area contributed by atoms with Gasteiger partial charge in [0.1, 0.15) is 5.60 Å². The molecule has 2 saturated heterocycles. The minimum atomic E-state index is -3.72. The molecule has 132 valence electrons. The second-order valence-electron chi connectivity index (χ2n) is 6.77. The number of ether oxygens (including phenoxy) is 1. The van der Waals surface area contributed by atoms with E-state index in [1.807, 2.05) is 0 Å². The molecule has 8 heteroatoms. The highest BCUT2D eigenvalue weighted by molar-refractivity contribution is 7.99. The zero-order valence-corrected chi connectivity index (χ0v) is 14.0. The quantitative estimate of drug-likeness (QED) is 0.770. The first-order chi connectivity index (χ1) is 10.9. The number of rotatable bonds is 5. The summed E-state index contributed by atoms with van der Waals surface area (Å²) in [5.74, 6) is -3.27. The van der Waals surface area contributed by atoms with Crippen LogP contribution in [0.3, 0.4) is 0 Å². The lowest BCUT2D eigenvalue weighted by molar-refractivity contribution is -0.216. The number of nitrogens with zero attached hydrogens (tertiary/aromatic N) is 1. The van der Waals surface area contributed by atoms with Crippen LogP contribution in [0.4, 0.5) is 8.78 Å². The van der Waals surface area contributed by atoms with Crippen LogP contribution < -0.4 is 5.32 Å². The van der Waals surface area contributed by atoms with Gasteiger partial charge in [-0.1, -0.05) is 0 Å². The molecule has 1 saturated carbocycles. The lowest BCUT2D eigenvalue weighted by Gasteiger charge is -2.44. The highest BCUT2D eigenvalue weighted by Gasteiger charge is 2.61. The van der Waals surface area contributed by atoms with E-state index in [0.29, 0.717) is 19.6 Å². The lowest BCUT2D eigenvalue weighted by atomic mass is 9.75. The van der Waals surface area contributed by atoms with Gasteiger partial charge in [0.05, 0.1) is 13.2 Å². The molecule has 3 rings (SSSR count). The van der Waals surface area contributed by atoms with E-state index in [-0.39, 0.29) is 24.9 Å². The van der Waals surface area contributed by atoms with Crippen LogP contribution in [0.1, 0.15) is 25.7 Å². The summed E-state index contributed by atoms with van der Waals surface area (Å²) in [6, 6.07) is 0. The number of hydrogen-bond donors (Lipinski definition) is 2. The van der Waals surface area contributed by atoms with E-state index >= 15 is 0 Å². The summed E-state index contributed by atoms with van der Waals surface area (Å²) in [6.07, 6.45) is 1.37. The van der Waals surface area contributed by atoms with Crippen LogP contribution in [-0.4, -0.2) is 77.3 Å². The highest BCUT2D eigenvalue weighted by Crippen LogP contribution is 2.44. The predicted molar refractivity (Wildman–Crippen MR) is 83.8 cm³/mol. The fraction of sp³-hybridized carbons (Fsp3) is 0.933. The number of alkyl halides is 2. The van der Waals surface area contributed by atoms with E-state index < -0.39 is 17.4 Å². The molecular weight excluding hydrogens is 326 g/mol. The standard InChI is InChI=1S/C15H24F2N2O3S/c16-15(17,14(21)2-1-3-14)12(20)18-10-13(4-9-23-11-13)19-5-7-22-8-6-19/h21H,1-11H2,(H,18,20)/t13-/m0/s1. The largest absolute Gasteiger partial charge is 0.383 e. The van der Waals surface area contributed by atoms with Crippen molar-refractivity contribution >= 4 is 17.7 Å². The Morgan fingerprint density at radius 3 is 2.52 bits per heavy atom. The van der Waals surface area contributed by atoms with Crippen LogP contribution in [0, 0.1) is 0 Å². The first kappa shape index (κ1) is 17.4. The zero-order valence-electron chi connectivity index (χ0n) is 13.2. The molecule has 1 aliphatic carbocycles. The first-order valence-corrected chi connectivity index (χ1v) is 9.34. The van der Waals surface area contributed by atoms with Crippen molar-refractivity contribution in [1.82, 2.24) is 10.2 Å². The molecule has 2 N–H and O–H groups in total. The number of thioether (sulfide) groups is 1. The molecule has 1 atom stereocenters. The van der Waals surface area contributed by atoms with E-state index in [0.717, 1.165) is 31.0 Å². The van der Waals surface area contributed by atoms with Crippen LogP contribution >= 0.6 is 11.8 Å². The van der Waals surface area contributed by atoms with Gasteiger partial charge in [-0.3, -0.25) is 9.69 Å². The second-order valence-corrected chi connectivity index (χ2v) is 7.87. The maximum atomic E-state index is 14.2. The topological polar surface area (TPSA) is 61.8 Å². The molecule has 0 unspecified atom stereocenters. The van der Waals surface area contributed by atoms with Crippen molar-refractivity contribution in [3.05, 3.63) is 0 Å². The van der Waals surface area contributed by atoms with Crippen LogP contribution in [0.5, 0.6) is 0 Å². The van der Waals surface area contributed by atoms with Crippen molar-refractivity contribution in [3.63, 3.8) is 0 Å². The fourth-order valence-corrected chi connectivity index (χ4v) is 5.01. The summed E-state index contributed by atoms with van der Waals surface area (Å²) in [7, 11) is 0. The van der Waals surface area contributed by atoms with Gasteiger partial charge in [0.25, 0.3) is 5.91 Å². The van der Waals surface area contributed by atoms with Gasteiger partial charge in [-0.05, 0) is 31.4 Å². The molecule has 0 bridgehead atoms. The number of nitrogens with one attached hydrogen (secondary N) is 1. The SMILES string of the molecule is O=C(NC[C@@]1(N2CCOCC2)CCSC1)C(F)(F)C1(O)CCC1. The normalized spacial score (nSPS) is 31.6. The Balaban J connectivity index is 1.63. The molecule has 0 spiro atoms. The van der Waals surface area contributed by atoms with Crippen LogP contribution in [-0.2, 0) is 9.53 Å². The second kappa shape index (κ2) is 6.46. The number of carbonyl (C=O) groups excluding carboxylic acids is 1. The van der Waals surface area contributed by atoms with Crippen molar-refractivity contribution in [2.75, 3.05) is 44.4 Å². The van der Waals surface area contributed by atoms with Gasteiger partial charge in [0.2, 0.25) is 0 Å². The first-order valence-electron chi connectivity index (χ1n) is 8.19. The highest BCUT2D eigenvalue weighted by atomic mass is 32.2. The van der Waals surface area contributed by atoms with Crippen LogP contribution in [0.2, 0.25) is 0 Å². The molecule has 3 fully saturated rings. The van der Waals surface area contributed by atoms with Gasteiger partial charge in [0.15, 0.2) is 0 Å². The molecule has 0 aromatic carbocycles. The number of amides is 1. The van der Waals surface area contributed by atoms with Crippen molar-refractivity contribution in [1.29, 1.82) is 0 Å². The van der Waals surface area contributed by atoms with Gasteiger partial charge in [-0.2, -0.15) is 20.5 Å². The molecular formula is C15H24F2N2O3S. The molecule has 2 aliphatic heterocycles. The molecule has 0 radical (unpaired) electrons. The lowest BCUT2D eigenvalue weighted by Crippen LogP contribution is -2.64. The molecule has 5 nitrogen and oxygen atoms in total. The van der Waals surface area contributed by atoms with E-state index in [4.69, 9.17) is 4.74 Å². The van der Waals surface area contributed by atoms with Crippen molar-refractivity contribution in [3.8, 4) is 0 Å². The summed E-state index contributed by atoms with van der Waals surface area (Å²) in [6.45, 7) is 2.99. The van der Waals surface area contributed by atoms with E-state index in [1.165, 1.54) is 0 Å². The van der Waals surface area contributed by atoms with Gasteiger partial charge >= 0.3 is 5.92 Å². The Hall–Kier alpha value is -0.440. The van der Waals surface area contributed by atoms with Crippen molar-refractivity contribution < 1.29 is 23.4 Å². The van der Waals surface area contributed by atoms with Gasteiger partial charge < -0.3 is 15.2 Å². The van der Waals surface area contributed by atoms with Gasteiger partial charge in [-0.25, -0.2) is 0 Å². The smallest absolute Gasteiger partial charge is 0.352 e. The van der Waals surface area contributed by atoms with E-state index in [2.05, 4.69) is 10.2 Å². The Morgan fingerprint density at radius 1 is 1.30 bits per heavy atom. The average Bonchev–Trinajstić information content (AvgIpc) is 3.01. The number of carbonyl (C=O) groups is 1. The Bertz CT molecular complexity index is 448. The Labute approximate surface area is 139 Å². The molecule has 2 heterocycles. The third-order valence-corrected chi connectivity index (χ3v) is 6.63. The number of aliphatic hydroxyl groups is 1. The summed E-state index contributed by atoms with van der Waals surface area (Å²) in [5.41, 5.74) is -2.43.